The van der Waals surface area contributed by atoms with Gasteiger partial charge in [-0.1, -0.05) is 41.0 Å². The molecule has 2 amide bonds. The van der Waals surface area contributed by atoms with Crippen LogP contribution >= 0.6 is 35.0 Å². The highest BCUT2D eigenvalue weighted by atomic mass is 35.5. The maximum Gasteiger partial charge on any atom is 0.408 e. The molecule has 0 aliphatic carbocycles. The summed E-state index contributed by atoms with van der Waals surface area (Å²) in [5.41, 5.74) is 6.06. The molecule has 14 heteroatoms. The average Bonchev–Trinajstić information content (AvgIpc) is 2.94. The van der Waals surface area contributed by atoms with Gasteiger partial charge in [-0.3, -0.25) is 19.1 Å². The second kappa shape index (κ2) is 13.2. The summed E-state index contributed by atoms with van der Waals surface area (Å²) in [7, 11) is 1.63. The Balaban J connectivity index is 1.47. The number of nitrogens with two attached hydrogens (primary N) is 1. The van der Waals surface area contributed by atoms with Crippen LogP contribution in [0.4, 0.5) is 16.6 Å². The van der Waals surface area contributed by atoms with Crippen LogP contribution in [-0.2, 0) is 23.0 Å². The van der Waals surface area contributed by atoms with Crippen molar-refractivity contribution in [1.29, 1.82) is 0 Å². The summed E-state index contributed by atoms with van der Waals surface area (Å²) in [5.74, 6) is 0.238. The van der Waals surface area contributed by atoms with Crippen LogP contribution in [0.25, 0.3) is 0 Å². The summed E-state index contributed by atoms with van der Waals surface area (Å²) in [6.45, 7) is 6.81. The SMILES string of the molecule is Cn1c(N2CCN(C(=O)C(Cc3ccncc3)NC(=O)OC(C)(C)C)CC2)nc(N)c(Sc2cccc(Cl)c2Cl)c1=O. The van der Waals surface area contributed by atoms with Crippen LogP contribution in [0.3, 0.4) is 0 Å². The number of carbonyl (C=O) groups excluding carboxylic acids is 2. The van der Waals surface area contributed by atoms with E-state index < -0.39 is 17.7 Å². The molecule has 3 heterocycles. The molecule has 42 heavy (non-hydrogen) atoms. The largest absolute Gasteiger partial charge is 0.444 e. The van der Waals surface area contributed by atoms with Crippen LogP contribution in [-0.4, -0.2) is 69.3 Å². The van der Waals surface area contributed by atoms with Gasteiger partial charge in [0, 0.05) is 56.9 Å². The number of alkyl carbamates (subject to hydrolysis) is 1. The lowest BCUT2D eigenvalue weighted by Gasteiger charge is -2.37. The van der Waals surface area contributed by atoms with Gasteiger partial charge in [-0.05, 0) is 50.6 Å². The van der Waals surface area contributed by atoms with E-state index in [2.05, 4.69) is 15.3 Å². The molecule has 1 saturated heterocycles. The second-order valence-electron chi connectivity index (χ2n) is 10.7. The normalized spacial score (nSPS) is 14.4. The molecular formula is C28H33Cl2N7O4S. The molecule has 1 unspecified atom stereocenters. The van der Waals surface area contributed by atoms with Crippen molar-refractivity contribution in [2.75, 3.05) is 36.8 Å². The van der Waals surface area contributed by atoms with Crippen molar-refractivity contribution < 1.29 is 14.3 Å². The summed E-state index contributed by atoms with van der Waals surface area (Å²) < 4.78 is 6.84. The number of aromatic nitrogens is 3. The molecule has 3 N–H and O–H groups in total. The van der Waals surface area contributed by atoms with Crippen molar-refractivity contribution in [2.24, 2.45) is 7.05 Å². The van der Waals surface area contributed by atoms with E-state index in [1.54, 1.807) is 75.4 Å². The molecule has 1 aliphatic rings. The average molecular weight is 635 g/mol. The molecule has 224 valence electrons. The zero-order valence-electron chi connectivity index (χ0n) is 23.8. The molecular weight excluding hydrogens is 601 g/mol. The van der Waals surface area contributed by atoms with Gasteiger partial charge in [0.15, 0.2) is 0 Å². The number of pyridine rings is 1. The predicted octanol–water partition coefficient (Wildman–Crippen LogP) is 4.00. The van der Waals surface area contributed by atoms with Gasteiger partial charge in [0.1, 0.15) is 22.4 Å². The quantitative estimate of drug-likeness (QED) is 0.395. The van der Waals surface area contributed by atoms with E-state index in [1.807, 2.05) is 4.90 Å². The highest BCUT2D eigenvalue weighted by Crippen LogP contribution is 2.37. The van der Waals surface area contributed by atoms with Crippen molar-refractivity contribution in [3.8, 4) is 0 Å². The highest BCUT2D eigenvalue weighted by molar-refractivity contribution is 7.99. The zero-order chi connectivity index (χ0) is 30.6. The molecule has 1 aliphatic heterocycles. The van der Waals surface area contributed by atoms with E-state index in [0.717, 1.165) is 17.3 Å². The van der Waals surface area contributed by atoms with Gasteiger partial charge in [0.25, 0.3) is 5.56 Å². The first-order valence-corrected chi connectivity index (χ1v) is 14.8. The summed E-state index contributed by atoms with van der Waals surface area (Å²) in [6, 6.07) is 7.92. The monoisotopic (exact) mass is 633 g/mol. The Bertz CT molecular complexity index is 1510. The Morgan fingerprint density at radius 3 is 2.43 bits per heavy atom. The van der Waals surface area contributed by atoms with E-state index in [0.29, 0.717) is 47.1 Å². The number of halogens is 2. The smallest absolute Gasteiger partial charge is 0.408 e. The lowest BCUT2D eigenvalue weighted by Crippen LogP contribution is -2.56. The van der Waals surface area contributed by atoms with Gasteiger partial charge >= 0.3 is 6.09 Å². The van der Waals surface area contributed by atoms with Crippen LogP contribution in [0.5, 0.6) is 0 Å². The molecule has 3 aromatic rings. The third kappa shape index (κ3) is 7.67. The summed E-state index contributed by atoms with van der Waals surface area (Å²) >= 11 is 13.5. The number of nitrogens with zero attached hydrogens (tertiary/aromatic N) is 5. The minimum atomic E-state index is -0.832. The number of anilines is 2. The highest BCUT2D eigenvalue weighted by Gasteiger charge is 2.31. The van der Waals surface area contributed by atoms with Crippen molar-refractivity contribution >= 4 is 58.7 Å². The zero-order valence-corrected chi connectivity index (χ0v) is 26.1. The lowest BCUT2D eigenvalue weighted by molar-refractivity contribution is -0.133. The van der Waals surface area contributed by atoms with E-state index >= 15 is 0 Å². The standard InChI is InChI=1S/C28H33Cl2N7O4S/c1-28(2,3)41-27(40)33-19(16-17-8-10-32-11-9-17)24(38)36-12-14-37(15-13-36)26-34-23(31)22(25(39)35(26)4)42-20-7-5-6-18(29)21(20)30/h5-11,19H,12-16,31H2,1-4H3,(H,33,40). The minimum absolute atomic E-state index is 0.0756. The molecule has 1 fully saturated rings. The number of nitrogens with one attached hydrogen (secondary N) is 1. The third-order valence-corrected chi connectivity index (χ3v) is 8.51. The first kappa shape index (κ1) is 31.5. The number of nitrogen functional groups attached to an aromatic ring is 1. The molecule has 0 spiro atoms. The number of hydrogen-bond donors (Lipinski definition) is 2. The van der Waals surface area contributed by atoms with E-state index in [4.69, 9.17) is 33.7 Å². The van der Waals surface area contributed by atoms with Gasteiger partial charge in [-0.2, -0.15) is 4.98 Å². The minimum Gasteiger partial charge on any atom is -0.444 e. The molecule has 0 radical (unpaired) electrons. The van der Waals surface area contributed by atoms with Gasteiger partial charge < -0.3 is 25.6 Å². The van der Waals surface area contributed by atoms with Gasteiger partial charge in [0.2, 0.25) is 11.9 Å². The molecule has 0 saturated carbocycles. The predicted molar refractivity (Wildman–Crippen MR) is 164 cm³/mol. The van der Waals surface area contributed by atoms with E-state index in [-0.39, 0.29) is 28.6 Å². The summed E-state index contributed by atoms with van der Waals surface area (Å²) in [6.07, 6.45) is 2.89. The molecule has 2 aromatic heterocycles. The number of rotatable bonds is 7. The topological polar surface area (TPSA) is 136 Å². The third-order valence-electron chi connectivity index (χ3n) is 6.43. The number of carbonyl (C=O) groups is 2. The van der Waals surface area contributed by atoms with E-state index in [1.165, 1.54) is 4.57 Å². The van der Waals surface area contributed by atoms with Crippen molar-refractivity contribution in [3.63, 3.8) is 0 Å². The molecule has 1 atom stereocenters. The molecule has 1 aromatic carbocycles. The first-order chi connectivity index (χ1) is 19.8. The Hall–Kier alpha value is -3.48. The van der Waals surface area contributed by atoms with E-state index in [9.17, 15) is 14.4 Å². The Morgan fingerprint density at radius 1 is 1.12 bits per heavy atom. The van der Waals surface area contributed by atoms with Crippen molar-refractivity contribution in [2.45, 2.75) is 48.6 Å². The first-order valence-electron chi connectivity index (χ1n) is 13.2. The van der Waals surface area contributed by atoms with Crippen LogP contribution in [0.1, 0.15) is 26.3 Å². The maximum atomic E-state index is 13.6. The van der Waals surface area contributed by atoms with Gasteiger partial charge in [-0.25, -0.2) is 4.79 Å². The van der Waals surface area contributed by atoms with Gasteiger partial charge in [-0.15, -0.1) is 0 Å². The number of amides is 2. The lowest BCUT2D eigenvalue weighted by atomic mass is 10.1. The molecule has 0 bridgehead atoms. The van der Waals surface area contributed by atoms with Crippen LogP contribution in [0, 0.1) is 0 Å². The van der Waals surface area contributed by atoms with Gasteiger partial charge in [0.05, 0.1) is 10.0 Å². The van der Waals surface area contributed by atoms with Crippen molar-refractivity contribution in [1.82, 2.24) is 24.8 Å². The van der Waals surface area contributed by atoms with Crippen LogP contribution < -0.4 is 21.5 Å². The Kier molecular flexibility index (Phi) is 9.90. The fraction of sp³-hybridized carbons (Fsp3) is 0.393. The maximum absolute atomic E-state index is 13.6. The number of benzene rings is 1. The number of piperazine rings is 1. The molecule has 11 nitrogen and oxygen atoms in total. The van der Waals surface area contributed by atoms with Crippen LogP contribution in [0.15, 0.2) is 57.3 Å². The Morgan fingerprint density at radius 2 is 1.79 bits per heavy atom. The Labute approximate surface area is 258 Å². The fourth-order valence-electron chi connectivity index (χ4n) is 4.39. The second-order valence-corrected chi connectivity index (χ2v) is 12.6. The summed E-state index contributed by atoms with van der Waals surface area (Å²) in [4.78, 5) is 52.4. The van der Waals surface area contributed by atoms with Crippen LogP contribution in [0.2, 0.25) is 10.0 Å². The molecule has 4 rings (SSSR count). The fourth-order valence-corrected chi connectivity index (χ4v) is 5.80. The number of hydrogen-bond acceptors (Lipinski definition) is 9. The summed E-state index contributed by atoms with van der Waals surface area (Å²) in [5, 5.41) is 3.44. The van der Waals surface area contributed by atoms with Crippen molar-refractivity contribution in [3.05, 3.63) is 68.7 Å². The number of ether oxygens (including phenoxy) is 1.